The van der Waals surface area contributed by atoms with Crippen molar-refractivity contribution >= 4 is 35.0 Å². The molecule has 0 unspecified atom stereocenters. The van der Waals surface area contributed by atoms with Crippen molar-refractivity contribution in [1.29, 1.82) is 0 Å². The van der Waals surface area contributed by atoms with E-state index in [9.17, 15) is 9.59 Å². The third-order valence-corrected chi connectivity index (χ3v) is 11.1. The third kappa shape index (κ3) is 5.17. The van der Waals surface area contributed by atoms with Gasteiger partial charge in [0.25, 0.3) is 0 Å². The van der Waals surface area contributed by atoms with Crippen molar-refractivity contribution in [2.75, 3.05) is 25.8 Å². The van der Waals surface area contributed by atoms with Crippen molar-refractivity contribution in [3.8, 4) is 0 Å². The first-order valence-corrected chi connectivity index (χ1v) is 13.7. The minimum atomic E-state index is -1.94. The van der Waals surface area contributed by atoms with Crippen LogP contribution in [0.4, 0.5) is 0 Å². The summed E-state index contributed by atoms with van der Waals surface area (Å²) in [6.07, 6.45) is 2.34. The van der Waals surface area contributed by atoms with E-state index >= 15 is 0 Å². The van der Waals surface area contributed by atoms with Gasteiger partial charge < -0.3 is 10.2 Å². The summed E-state index contributed by atoms with van der Waals surface area (Å²) >= 11 is 0. The van der Waals surface area contributed by atoms with Gasteiger partial charge in [-0.25, -0.2) is 0 Å². The fourth-order valence-electron chi connectivity index (χ4n) is 4.83. The molecule has 170 valence electrons. The maximum absolute atomic E-state index is 13.0. The van der Waals surface area contributed by atoms with E-state index in [-0.39, 0.29) is 17.7 Å². The number of nitrogens with one attached hydrogen (secondary N) is 1. The van der Waals surface area contributed by atoms with Crippen LogP contribution in [0, 0.1) is 5.92 Å². The Morgan fingerprint density at radius 3 is 1.61 bits per heavy atom. The van der Waals surface area contributed by atoms with E-state index in [0.29, 0.717) is 19.6 Å². The van der Waals surface area contributed by atoms with E-state index in [0.717, 1.165) is 19.0 Å². The summed E-state index contributed by atoms with van der Waals surface area (Å²) in [5.41, 5.74) is 0. The van der Waals surface area contributed by atoms with Gasteiger partial charge in [-0.3, -0.25) is 9.59 Å². The number of carbonyl (C=O) groups is 2. The van der Waals surface area contributed by atoms with E-state index in [1.807, 2.05) is 4.90 Å². The quantitative estimate of drug-likeness (QED) is 0.551. The van der Waals surface area contributed by atoms with Crippen LogP contribution in [0.1, 0.15) is 19.8 Å². The van der Waals surface area contributed by atoms with Gasteiger partial charge in [0.05, 0.1) is 12.7 Å². The van der Waals surface area contributed by atoms with Crippen molar-refractivity contribution in [3.05, 3.63) is 91.0 Å². The summed E-state index contributed by atoms with van der Waals surface area (Å²) in [5.74, 6) is 0.195. The Hall–Kier alpha value is -2.97. The number of likely N-dealkylation sites (tertiary alicyclic amines) is 1. The Kier molecular flexibility index (Phi) is 7.57. The number of nitrogens with zero attached hydrogens (tertiary/aromatic N) is 1. The lowest BCUT2D eigenvalue weighted by Gasteiger charge is -2.31. The molecule has 4 nitrogen and oxygen atoms in total. The number of piperidine rings is 1. The predicted octanol–water partition coefficient (Wildman–Crippen LogP) is 3.36. The van der Waals surface area contributed by atoms with Crippen molar-refractivity contribution in [2.45, 2.75) is 19.8 Å². The predicted molar refractivity (Wildman–Crippen MR) is 138 cm³/mol. The molecule has 1 aliphatic rings. The smallest absolute Gasteiger partial charge is 0.223 e. The van der Waals surface area contributed by atoms with Crippen LogP contribution in [-0.2, 0) is 9.59 Å². The fraction of sp³-hybridized carbons (Fsp3) is 0.286. The number of benzene rings is 3. The molecular formula is C28H32N2O2P+. The highest BCUT2D eigenvalue weighted by Crippen LogP contribution is 2.54. The maximum Gasteiger partial charge on any atom is 0.223 e. The molecule has 0 bridgehead atoms. The monoisotopic (exact) mass is 459 g/mol. The molecule has 5 heteroatoms. The molecular weight excluding hydrogens is 427 g/mol. The van der Waals surface area contributed by atoms with Crippen LogP contribution in [0.2, 0.25) is 0 Å². The molecule has 1 saturated heterocycles. The van der Waals surface area contributed by atoms with Crippen LogP contribution >= 0.6 is 7.26 Å². The third-order valence-electron chi connectivity index (χ3n) is 6.65. The number of rotatable bonds is 7. The fourth-order valence-corrected chi connectivity index (χ4v) is 8.99. The number of carbonyl (C=O) groups excluding carboxylic acids is 2. The van der Waals surface area contributed by atoms with Gasteiger partial charge in [-0.1, -0.05) is 54.6 Å². The molecule has 0 spiro atoms. The van der Waals surface area contributed by atoms with Crippen molar-refractivity contribution in [3.63, 3.8) is 0 Å². The van der Waals surface area contributed by atoms with E-state index in [2.05, 4.69) is 96.3 Å². The van der Waals surface area contributed by atoms with Gasteiger partial charge in [-0.05, 0) is 49.2 Å². The molecule has 1 N–H and O–H groups in total. The van der Waals surface area contributed by atoms with Crippen LogP contribution < -0.4 is 21.2 Å². The Balaban J connectivity index is 1.57. The molecule has 3 aromatic carbocycles. The van der Waals surface area contributed by atoms with E-state index in [1.165, 1.54) is 15.9 Å². The minimum absolute atomic E-state index is 0.0153. The molecule has 0 radical (unpaired) electrons. The highest BCUT2D eigenvalue weighted by molar-refractivity contribution is 7.95. The summed E-state index contributed by atoms with van der Waals surface area (Å²) in [7, 11) is -1.94. The highest BCUT2D eigenvalue weighted by Gasteiger charge is 2.44. The summed E-state index contributed by atoms with van der Waals surface area (Å²) in [5, 5.41) is 7.22. The first-order chi connectivity index (χ1) is 16.1. The Morgan fingerprint density at radius 2 is 1.21 bits per heavy atom. The van der Waals surface area contributed by atoms with E-state index < -0.39 is 7.26 Å². The zero-order valence-corrected chi connectivity index (χ0v) is 20.1. The molecule has 4 rings (SSSR count). The SMILES string of the molecule is CC(=O)N1CCC(C(=O)NCC[P+](c2ccccc2)(c2ccccc2)c2ccccc2)CC1. The van der Waals surface area contributed by atoms with Crippen LogP contribution in [0.25, 0.3) is 0 Å². The second-order valence-corrected chi connectivity index (χ2v) is 12.2. The molecule has 0 atom stereocenters. The second-order valence-electron chi connectivity index (χ2n) is 8.61. The standard InChI is InChI=1S/C28H31N2O2P/c1-23(31)30-20-17-24(18-21-30)28(32)29-19-22-33(25-11-5-2-6-12-25,26-13-7-3-8-14-26)27-15-9-4-10-16-27/h2-16,24H,17-22H2,1H3/p+1. The summed E-state index contributed by atoms with van der Waals surface area (Å²) in [6, 6.07) is 32.2. The molecule has 1 heterocycles. The normalized spacial score (nSPS) is 14.6. The van der Waals surface area contributed by atoms with Gasteiger partial charge in [-0.2, -0.15) is 0 Å². The molecule has 1 aliphatic heterocycles. The summed E-state index contributed by atoms with van der Waals surface area (Å²) in [6.45, 7) is 3.56. The molecule has 0 aromatic heterocycles. The minimum Gasteiger partial charge on any atom is -0.352 e. The topological polar surface area (TPSA) is 49.4 Å². The molecule has 0 saturated carbocycles. The molecule has 1 fully saturated rings. The van der Waals surface area contributed by atoms with Crippen molar-refractivity contribution in [2.24, 2.45) is 5.92 Å². The molecule has 3 aromatic rings. The average Bonchev–Trinajstić information content (AvgIpc) is 2.88. The van der Waals surface area contributed by atoms with Crippen LogP contribution in [0.5, 0.6) is 0 Å². The summed E-state index contributed by atoms with van der Waals surface area (Å²) < 4.78 is 0. The Labute approximate surface area is 197 Å². The zero-order valence-electron chi connectivity index (χ0n) is 19.2. The maximum atomic E-state index is 13.0. The van der Waals surface area contributed by atoms with E-state index in [4.69, 9.17) is 0 Å². The zero-order chi connectivity index (χ0) is 23.1. The van der Waals surface area contributed by atoms with Crippen LogP contribution in [-0.4, -0.2) is 42.5 Å². The number of hydrogen-bond acceptors (Lipinski definition) is 2. The van der Waals surface area contributed by atoms with Crippen molar-refractivity contribution in [1.82, 2.24) is 10.2 Å². The van der Waals surface area contributed by atoms with Gasteiger partial charge in [0.15, 0.2) is 0 Å². The Bertz CT molecular complexity index is 952. The van der Waals surface area contributed by atoms with Gasteiger partial charge in [0.1, 0.15) is 23.2 Å². The second kappa shape index (κ2) is 10.8. The van der Waals surface area contributed by atoms with Gasteiger partial charge in [0.2, 0.25) is 11.8 Å². The first-order valence-electron chi connectivity index (χ1n) is 11.7. The highest BCUT2D eigenvalue weighted by atomic mass is 31.2. The summed E-state index contributed by atoms with van der Waals surface area (Å²) in [4.78, 5) is 26.4. The van der Waals surface area contributed by atoms with E-state index in [1.54, 1.807) is 6.92 Å². The van der Waals surface area contributed by atoms with Gasteiger partial charge >= 0.3 is 0 Å². The van der Waals surface area contributed by atoms with Crippen LogP contribution in [0.15, 0.2) is 91.0 Å². The molecule has 0 aliphatic carbocycles. The van der Waals surface area contributed by atoms with Crippen molar-refractivity contribution < 1.29 is 9.59 Å². The van der Waals surface area contributed by atoms with Gasteiger partial charge in [-0.15, -0.1) is 0 Å². The molecule has 33 heavy (non-hydrogen) atoms. The lowest BCUT2D eigenvalue weighted by atomic mass is 9.96. The molecule has 2 amide bonds. The lowest BCUT2D eigenvalue weighted by molar-refractivity contribution is -0.133. The largest absolute Gasteiger partial charge is 0.352 e. The number of hydrogen-bond donors (Lipinski definition) is 1. The number of amides is 2. The first kappa shape index (κ1) is 23.2. The Morgan fingerprint density at radius 1 is 0.788 bits per heavy atom. The van der Waals surface area contributed by atoms with Crippen LogP contribution in [0.3, 0.4) is 0 Å². The average molecular weight is 460 g/mol. The van der Waals surface area contributed by atoms with Gasteiger partial charge in [0, 0.05) is 25.9 Å². The lowest BCUT2D eigenvalue weighted by Crippen LogP contribution is -2.43.